The zero-order valence-corrected chi connectivity index (χ0v) is 10.9. The van der Waals surface area contributed by atoms with Crippen LogP contribution >= 0.6 is 0 Å². The molecule has 19 heavy (non-hydrogen) atoms. The molecular weight excluding hydrogens is 240 g/mol. The van der Waals surface area contributed by atoms with Crippen LogP contribution < -0.4 is 11.4 Å². The number of nitrogens with two attached hydrogens (primary N) is 1. The number of fused-ring (bicyclic) bond motifs is 1. The Bertz CT molecular complexity index is 641. The minimum absolute atomic E-state index is 0.00727. The van der Waals surface area contributed by atoms with Crippen LogP contribution in [0.4, 0.5) is 0 Å². The first-order valence-electron chi connectivity index (χ1n) is 6.72. The molecule has 3 rings (SSSR count). The Morgan fingerprint density at radius 2 is 2.11 bits per heavy atom. The smallest absolute Gasteiger partial charge is 0.326 e. The molecule has 2 aromatic rings. The van der Waals surface area contributed by atoms with Gasteiger partial charge in [-0.25, -0.2) is 9.48 Å². The van der Waals surface area contributed by atoms with E-state index in [1.165, 1.54) is 0 Å². The topological polar surface area (TPSA) is 65.8 Å². The molecule has 0 unspecified atom stereocenters. The van der Waals surface area contributed by atoms with Gasteiger partial charge in [0.1, 0.15) is 5.82 Å². The van der Waals surface area contributed by atoms with E-state index in [2.05, 4.69) is 5.10 Å². The van der Waals surface area contributed by atoms with Crippen molar-refractivity contribution < 1.29 is 0 Å². The first-order valence-corrected chi connectivity index (χ1v) is 6.72. The normalized spacial score (nSPS) is 14.4. The second kappa shape index (κ2) is 5.01. The molecule has 0 fully saturated rings. The summed E-state index contributed by atoms with van der Waals surface area (Å²) in [5.41, 5.74) is 7.79. The molecule has 1 aliphatic rings. The Morgan fingerprint density at radius 3 is 2.89 bits per heavy atom. The van der Waals surface area contributed by atoms with E-state index in [-0.39, 0.29) is 5.69 Å². The van der Waals surface area contributed by atoms with E-state index in [0.29, 0.717) is 13.1 Å². The Labute approximate surface area is 111 Å². The van der Waals surface area contributed by atoms with Gasteiger partial charge in [0.25, 0.3) is 0 Å². The highest BCUT2D eigenvalue weighted by Crippen LogP contribution is 2.10. The monoisotopic (exact) mass is 258 g/mol. The summed E-state index contributed by atoms with van der Waals surface area (Å²) in [5, 5.41) is 4.44. The Hall–Kier alpha value is -1.88. The number of aromatic nitrogens is 3. The van der Waals surface area contributed by atoms with Crippen molar-refractivity contribution in [2.24, 2.45) is 5.73 Å². The molecule has 0 saturated heterocycles. The van der Waals surface area contributed by atoms with Crippen molar-refractivity contribution in [3.63, 3.8) is 0 Å². The summed E-state index contributed by atoms with van der Waals surface area (Å²) in [6, 6.07) is 8.00. The van der Waals surface area contributed by atoms with Crippen LogP contribution in [0.5, 0.6) is 0 Å². The van der Waals surface area contributed by atoms with E-state index in [4.69, 9.17) is 5.73 Å². The van der Waals surface area contributed by atoms with E-state index < -0.39 is 0 Å². The second-order valence-corrected chi connectivity index (χ2v) is 4.99. The number of aryl methyl sites for hydroxylation is 1. The maximum Gasteiger partial charge on any atom is 0.346 e. The van der Waals surface area contributed by atoms with E-state index in [0.717, 1.165) is 42.8 Å². The minimum atomic E-state index is 0.00727. The molecule has 1 aromatic carbocycles. The lowest BCUT2D eigenvalue weighted by Crippen LogP contribution is -2.27. The van der Waals surface area contributed by atoms with Crippen LogP contribution in [0.1, 0.15) is 29.8 Å². The van der Waals surface area contributed by atoms with Gasteiger partial charge in [-0.2, -0.15) is 5.10 Å². The Morgan fingerprint density at radius 1 is 1.26 bits per heavy atom. The van der Waals surface area contributed by atoms with Gasteiger partial charge in [0.2, 0.25) is 0 Å². The van der Waals surface area contributed by atoms with E-state index in [1.54, 1.807) is 9.25 Å². The van der Waals surface area contributed by atoms with Gasteiger partial charge in [0, 0.05) is 19.5 Å². The van der Waals surface area contributed by atoms with Gasteiger partial charge in [0.15, 0.2) is 0 Å². The molecule has 5 heteroatoms. The summed E-state index contributed by atoms with van der Waals surface area (Å²) in [6.45, 7) is 1.84. The predicted molar refractivity (Wildman–Crippen MR) is 72.9 cm³/mol. The molecule has 0 radical (unpaired) electrons. The van der Waals surface area contributed by atoms with Crippen LogP contribution in [0.15, 0.2) is 29.1 Å². The van der Waals surface area contributed by atoms with Gasteiger partial charge in [-0.05, 0) is 24.0 Å². The SMILES string of the molecule is NCc1cccc(Cn2nc3n(c2=O)CCCC3)c1. The zero-order valence-electron chi connectivity index (χ0n) is 10.9. The molecule has 0 spiro atoms. The lowest BCUT2D eigenvalue weighted by molar-refractivity contribution is 0.511. The van der Waals surface area contributed by atoms with Crippen LogP contribution in [0, 0.1) is 0 Å². The summed E-state index contributed by atoms with van der Waals surface area (Å²) in [7, 11) is 0. The quantitative estimate of drug-likeness (QED) is 0.889. The number of hydrogen-bond donors (Lipinski definition) is 1. The maximum absolute atomic E-state index is 12.2. The summed E-state index contributed by atoms with van der Waals surface area (Å²) < 4.78 is 3.37. The average Bonchev–Trinajstić information content (AvgIpc) is 2.76. The summed E-state index contributed by atoms with van der Waals surface area (Å²) in [5.74, 6) is 0.922. The maximum atomic E-state index is 12.2. The minimum Gasteiger partial charge on any atom is -0.326 e. The molecule has 0 saturated carbocycles. The molecule has 100 valence electrons. The number of hydrogen-bond acceptors (Lipinski definition) is 3. The van der Waals surface area contributed by atoms with Gasteiger partial charge in [-0.15, -0.1) is 0 Å². The highest BCUT2D eigenvalue weighted by atomic mass is 16.2. The summed E-state index contributed by atoms with van der Waals surface area (Å²) in [6.07, 6.45) is 3.10. The van der Waals surface area contributed by atoms with Gasteiger partial charge >= 0.3 is 5.69 Å². The van der Waals surface area contributed by atoms with Crippen molar-refractivity contribution in [1.82, 2.24) is 14.3 Å². The highest BCUT2D eigenvalue weighted by molar-refractivity contribution is 5.23. The molecule has 0 aliphatic carbocycles. The predicted octanol–water partition coefficient (Wildman–Crippen LogP) is 0.888. The molecule has 2 N–H and O–H groups in total. The van der Waals surface area contributed by atoms with Crippen molar-refractivity contribution >= 4 is 0 Å². The number of benzene rings is 1. The van der Waals surface area contributed by atoms with Crippen molar-refractivity contribution in [3.05, 3.63) is 51.7 Å². The van der Waals surface area contributed by atoms with Gasteiger partial charge in [0.05, 0.1) is 6.54 Å². The van der Waals surface area contributed by atoms with Gasteiger partial charge in [-0.3, -0.25) is 4.57 Å². The van der Waals surface area contributed by atoms with Crippen LogP contribution in [0.3, 0.4) is 0 Å². The van der Waals surface area contributed by atoms with Crippen LogP contribution in [0.2, 0.25) is 0 Å². The van der Waals surface area contributed by atoms with Crippen molar-refractivity contribution in [1.29, 1.82) is 0 Å². The molecule has 1 aliphatic heterocycles. The fourth-order valence-corrected chi connectivity index (χ4v) is 2.58. The Balaban J connectivity index is 1.91. The third-order valence-corrected chi connectivity index (χ3v) is 3.59. The van der Waals surface area contributed by atoms with E-state index in [1.807, 2.05) is 24.3 Å². The highest BCUT2D eigenvalue weighted by Gasteiger charge is 2.16. The van der Waals surface area contributed by atoms with Crippen molar-refractivity contribution in [3.8, 4) is 0 Å². The third-order valence-electron chi connectivity index (χ3n) is 3.59. The standard InChI is InChI=1S/C14H18N4O/c15-9-11-4-3-5-12(8-11)10-18-14(19)17-7-2-1-6-13(17)16-18/h3-5,8H,1-2,6-7,9-10,15H2. The lowest BCUT2D eigenvalue weighted by Gasteiger charge is -2.09. The fraction of sp³-hybridized carbons (Fsp3) is 0.429. The molecule has 0 bridgehead atoms. The molecular formula is C14H18N4O. The van der Waals surface area contributed by atoms with Crippen LogP contribution in [0.25, 0.3) is 0 Å². The summed E-state index contributed by atoms with van der Waals surface area (Å²) >= 11 is 0. The molecule has 2 heterocycles. The fourth-order valence-electron chi connectivity index (χ4n) is 2.58. The number of rotatable bonds is 3. The largest absolute Gasteiger partial charge is 0.346 e. The van der Waals surface area contributed by atoms with Crippen LogP contribution in [-0.4, -0.2) is 14.3 Å². The van der Waals surface area contributed by atoms with Gasteiger partial charge in [-0.1, -0.05) is 24.3 Å². The first-order chi connectivity index (χ1) is 9.28. The second-order valence-electron chi connectivity index (χ2n) is 4.99. The Kier molecular flexibility index (Phi) is 3.21. The van der Waals surface area contributed by atoms with Crippen molar-refractivity contribution in [2.45, 2.75) is 38.9 Å². The first kappa shape index (κ1) is 12.2. The molecule has 0 amide bonds. The number of nitrogens with zero attached hydrogens (tertiary/aromatic N) is 3. The van der Waals surface area contributed by atoms with Crippen LogP contribution in [-0.2, 0) is 26.1 Å². The van der Waals surface area contributed by atoms with E-state index >= 15 is 0 Å². The molecule has 5 nitrogen and oxygen atoms in total. The van der Waals surface area contributed by atoms with E-state index in [9.17, 15) is 4.79 Å². The lowest BCUT2D eigenvalue weighted by atomic mass is 10.1. The van der Waals surface area contributed by atoms with Crippen molar-refractivity contribution in [2.75, 3.05) is 0 Å². The molecule has 1 aromatic heterocycles. The van der Waals surface area contributed by atoms with Gasteiger partial charge < -0.3 is 5.73 Å². The third kappa shape index (κ3) is 2.33. The average molecular weight is 258 g/mol. The zero-order chi connectivity index (χ0) is 13.2. The molecule has 0 atom stereocenters. The summed E-state index contributed by atoms with van der Waals surface area (Å²) in [4.78, 5) is 12.2.